The van der Waals surface area contributed by atoms with Gasteiger partial charge in [0.2, 0.25) is 0 Å². The van der Waals surface area contributed by atoms with Crippen molar-refractivity contribution in [2.24, 2.45) is 5.92 Å². The molecule has 0 aromatic rings. The average Bonchev–Trinajstić information content (AvgIpc) is 2.11. The second-order valence-electron chi connectivity index (χ2n) is 4.35. The molecule has 0 heterocycles. The van der Waals surface area contributed by atoms with Crippen LogP contribution < -0.4 is 0 Å². The fourth-order valence-corrected chi connectivity index (χ4v) is 2.29. The Morgan fingerprint density at radius 3 is 2.85 bits per heavy atom. The molecule has 0 aromatic carbocycles. The molecule has 1 aliphatic rings. The summed E-state index contributed by atoms with van der Waals surface area (Å²) in [6.07, 6.45) is 6.53. The normalized spacial score (nSPS) is 34.8. The van der Waals surface area contributed by atoms with Crippen molar-refractivity contribution in [3.63, 3.8) is 0 Å². The van der Waals surface area contributed by atoms with Crippen LogP contribution in [-0.2, 0) is 4.74 Å². The number of hydrogen-bond donors (Lipinski definition) is 1. The summed E-state index contributed by atoms with van der Waals surface area (Å²) in [7, 11) is 1.72. The van der Waals surface area contributed by atoms with E-state index in [9.17, 15) is 5.11 Å². The molecular weight excluding hydrogens is 164 g/mol. The lowest BCUT2D eigenvalue weighted by Crippen LogP contribution is -2.39. The predicted octanol–water partition coefficient (Wildman–Crippen LogP) is 2.35. The maximum Gasteiger partial charge on any atom is 0.0674 e. The Kier molecular flexibility index (Phi) is 4.20. The van der Waals surface area contributed by atoms with Crippen molar-refractivity contribution < 1.29 is 9.84 Å². The van der Waals surface area contributed by atoms with Crippen LogP contribution in [0, 0.1) is 5.92 Å². The lowest BCUT2D eigenvalue weighted by Gasteiger charge is -2.38. The summed E-state index contributed by atoms with van der Waals surface area (Å²) in [5.41, 5.74) is -0.392. The number of rotatable bonds is 4. The van der Waals surface area contributed by atoms with Gasteiger partial charge in [0.1, 0.15) is 0 Å². The Hall–Kier alpha value is -0.0800. The van der Waals surface area contributed by atoms with Crippen molar-refractivity contribution in [1.82, 2.24) is 0 Å². The standard InChI is InChI=1S/C11H22O2/c1-10-6-3-4-7-11(10,12)8-5-9-13-2/h10,12H,3-9H2,1-2H3. The van der Waals surface area contributed by atoms with E-state index in [1.807, 2.05) is 0 Å². The van der Waals surface area contributed by atoms with Crippen LogP contribution in [0.4, 0.5) is 0 Å². The first kappa shape index (κ1) is 11.0. The third-order valence-electron chi connectivity index (χ3n) is 3.37. The number of methoxy groups -OCH3 is 1. The molecule has 0 amide bonds. The molecule has 2 unspecified atom stereocenters. The van der Waals surface area contributed by atoms with Gasteiger partial charge in [0.05, 0.1) is 5.60 Å². The molecule has 13 heavy (non-hydrogen) atoms. The number of aliphatic hydroxyl groups is 1. The van der Waals surface area contributed by atoms with Gasteiger partial charge in [-0.05, 0) is 31.6 Å². The van der Waals surface area contributed by atoms with Gasteiger partial charge >= 0.3 is 0 Å². The molecule has 2 heteroatoms. The van der Waals surface area contributed by atoms with Crippen LogP contribution in [0.15, 0.2) is 0 Å². The van der Waals surface area contributed by atoms with Crippen molar-refractivity contribution >= 4 is 0 Å². The molecular formula is C11H22O2. The van der Waals surface area contributed by atoms with E-state index < -0.39 is 5.60 Å². The van der Waals surface area contributed by atoms with Crippen LogP contribution in [0.1, 0.15) is 45.4 Å². The van der Waals surface area contributed by atoms with Crippen LogP contribution in [0.5, 0.6) is 0 Å². The number of ether oxygens (including phenoxy) is 1. The molecule has 2 nitrogen and oxygen atoms in total. The highest BCUT2D eigenvalue weighted by Crippen LogP contribution is 2.36. The summed E-state index contributed by atoms with van der Waals surface area (Å²) in [5.74, 6) is 0.470. The summed E-state index contributed by atoms with van der Waals surface area (Å²) in [5, 5.41) is 10.3. The zero-order chi connectivity index (χ0) is 9.73. The van der Waals surface area contributed by atoms with Crippen molar-refractivity contribution in [3.05, 3.63) is 0 Å². The predicted molar refractivity (Wildman–Crippen MR) is 53.7 cm³/mol. The number of hydrogen-bond acceptors (Lipinski definition) is 2. The van der Waals surface area contributed by atoms with Gasteiger partial charge in [0.15, 0.2) is 0 Å². The molecule has 0 spiro atoms. The van der Waals surface area contributed by atoms with Crippen molar-refractivity contribution in [1.29, 1.82) is 0 Å². The highest BCUT2D eigenvalue weighted by Gasteiger charge is 2.34. The van der Waals surface area contributed by atoms with Gasteiger partial charge in [-0.2, -0.15) is 0 Å². The van der Waals surface area contributed by atoms with E-state index >= 15 is 0 Å². The molecule has 1 N–H and O–H groups in total. The van der Waals surface area contributed by atoms with Gasteiger partial charge in [0.25, 0.3) is 0 Å². The van der Waals surface area contributed by atoms with Crippen molar-refractivity contribution in [3.8, 4) is 0 Å². The summed E-state index contributed by atoms with van der Waals surface area (Å²) >= 11 is 0. The summed E-state index contributed by atoms with van der Waals surface area (Å²) in [6.45, 7) is 2.95. The highest BCUT2D eigenvalue weighted by atomic mass is 16.5. The molecule has 0 radical (unpaired) electrons. The molecule has 0 aromatic heterocycles. The van der Waals surface area contributed by atoms with Gasteiger partial charge < -0.3 is 9.84 Å². The molecule has 1 aliphatic carbocycles. The van der Waals surface area contributed by atoms with Gasteiger partial charge in [-0.3, -0.25) is 0 Å². The Morgan fingerprint density at radius 2 is 2.23 bits per heavy atom. The Labute approximate surface area is 81.3 Å². The first-order chi connectivity index (χ1) is 6.19. The van der Waals surface area contributed by atoms with E-state index in [1.165, 1.54) is 19.3 Å². The van der Waals surface area contributed by atoms with Crippen molar-refractivity contribution in [2.45, 2.75) is 51.0 Å². The molecule has 2 atom stereocenters. The van der Waals surface area contributed by atoms with Crippen LogP contribution >= 0.6 is 0 Å². The van der Waals surface area contributed by atoms with E-state index in [1.54, 1.807) is 7.11 Å². The van der Waals surface area contributed by atoms with Crippen LogP contribution in [0.3, 0.4) is 0 Å². The molecule has 0 aliphatic heterocycles. The topological polar surface area (TPSA) is 29.5 Å². The largest absolute Gasteiger partial charge is 0.390 e. The minimum Gasteiger partial charge on any atom is -0.390 e. The second kappa shape index (κ2) is 4.97. The van der Waals surface area contributed by atoms with Crippen LogP contribution in [0.25, 0.3) is 0 Å². The Bertz CT molecular complexity index is 147. The van der Waals surface area contributed by atoms with Crippen molar-refractivity contribution in [2.75, 3.05) is 13.7 Å². The average molecular weight is 186 g/mol. The first-order valence-corrected chi connectivity index (χ1v) is 5.40. The fourth-order valence-electron chi connectivity index (χ4n) is 2.29. The fraction of sp³-hybridized carbons (Fsp3) is 1.00. The molecule has 1 rings (SSSR count). The molecule has 0 bridgehead atoms. The Balaban J connectivity index is 2.33. The highest BCUT2D eigenvalue weighted by molar-refractivity contribution is 4.87. The van der Waals surface area contributed by atoms with Crippen LogP contribution in [0.2, 0.25) is 0 Å². The smallest absolute Gasteiger partial charge is 0.0674 e. The first-order valence-electron chi connectivity index (χ1n) is 5.40. The summed E-state index contributed by atoms with van der Waals surface area (Å²) in [6, 6.07) is 0. The van der Waals surface area contributed by atoms with E-state index in [0.29, 0.717) is 5.92 Å². The molecule has 1 saturated carbocycles. The molecule has 78 valence electrons. The van der Waals surface area contributed by atoms with Gasteiger partial charge in [-0.1, -0.05) is 19.8 Å². The maximum atomic E-state index is 10.3. The third-order valence-corrected chi connectivity index (χ3v) is 3.37. The molecule has 1 fully saturated rings. The summed E-state index contributed by atoms with van der Waals surface area (Å²) < 4.78 is 5.00. The van der Waals surface area contributed by atoms with E-state index in [2.05, 4.69) is 6.92 Å². The van der Waals surface area contributed by atoms with E-state index in [0.717, 1.165) is 25.9 Å². The maximum absolute atomic E-state index is 10.3. The lowest BCUT2D eigenvalue weighted by atomic mass is 9.74. The SMILES string of the molecule is COCCCC1(O)CCCCC1C. The summed E-state index contributed by atoms with van der Waals surface area (Å²) in [4.78, 5) is 0. The van der Waals surface area contributed by atoms with Gasteiger partial charge in [-0.15, -0.1) is 0 Å². The second-order valence-corrected chi connectivity index (χ2v) is 4.35. The quantitative estimate of drug-likeness (QED) is 0.683. The van der Waals surface area contributed by atoms with Crippen LogP contribution in [-0.4, -0.2) is 24.4 Å². The zero-order valence-corrected chi connectivity index (χ0v) is 8.88. The van der Waals surface area contributed by atoms with E-state index in [-0.39, 0.29) is 0 Å². The third kappa shape index (κ3) is 2.96. The Morgan fingerprint density at radius 1 is 1.46 bits per heavy atom. The minimum absolute atomic E-state index is 0.392. The van der Waals surface area contributed by atoms with Gasteiger partial charge in [0, 0.05) is 13.7 Å². The van der Waals surface area contributed by atoms with Gasteiger partial charge in [-0.25, -0.2) is 0 Å². The minimum atomic E-state index is -0.392. The molecule has 0 saturated heterocycles. The zero-order valence-electron chi connectivity index (χ0n) is 8.88. The monoisotopic (exact) mass is 186 g/mol. The lowest BCUT2D eigenvalue weighted by molar-refractivity contribution is -0.0525. The van der Waals surface area contributed by atoms with E-state index in [4.69, 9.17) is 4.74 Å².